The molecule has 1 saturated heterocycles. The third-order valence-corrected chi connectivity index (χ3v) is 3.09. The van der Waals surface area contributed by atoms with E-state index in [-0.39, 0.29) is 11.9 Å². The molecule has 0 bridgehead atoms. The van der Waals surface area contributed by atoms with E-state index in [1.807, 2.05) is 42.3 Å². The van der Waals surface area contributed by atoms with Crippen LogP contribution in [0, 0.1) is 0 Å². The summed E-state index contributed by atoms with van der Waals surface area (Å²) in [7, 11) is 1.84. The SMILES string of the molecule is CN[C@@H](C(=O)N1CCCC1)c1ccccc1. The standard InChI is InChI=1S/C13H18N2O/c1-14-12(11-7-3-2-4-8-11)13(16)15-9-5-6-10-15/h2-4,7-8,12,14H,5-6,9-10H2,1H3/t12-/m1/s1. The molecular weight excluding hydrogens is 200 g/mol. The summed E-state index contributed by atoms with van der Waals surface area (Å²) in [5, 5.41) is 3.10. The van der Waals surface area contributed by atoms with Crippen molar-refractivity contribution in [2.45, 2.75) is 18.9 Å². The van der Waals surface area contributed by atoms with Crippen molar-refractivity contribution < 1.29 is 4.79 Å². The van der Waals surface area contributed by atoms with E-state index in [2.05, 4.69) is 5.32 Å². The highest BCUT2D eigenvalue weighted by Crippen LogP contribution is 2.18. The zero-order chi connectivity index (χ0) is 11.4. The third-order valence-electron chi connectivity index (χ3n) is 3.09. The van der Waals surface area contributed by atoms with E-state index in [1.165, 1.54) is 0 Å². The van der Waals surface area contributed by atoms with Crippen LogP contribution in [-0.4, -0.2) is 30.9 Å². The Morgan fingerprint density at radius 3 is 2.44 bits per heavy atom. The molecule has 1 N–H and O–H groups in total. The maximum atomic E-state index is 12.2. The molecule has 0 saturated carbocycles. The zero-order valence-corrected chi connectivity index (χ0v) is 9.65. The topological polar surface area (TPSA) is 32.3 Å². The summed E-state index contributed by atoms with van der Waals surface area (Å²) in [6.07, 6.45) is 2.27. The number of hydrogen-bond donors (Lipinski definition) is 1. The summed E-state index contributed by atoms with van der Waals surface area (Å²) in [5.41, 5.74) is 1.04. The van der Waals surface area contributed by atoms with Crippen LogP contribution in [0.4, 0.5) is 0 Å². The number of amides is 1. The first-order chi connectivity index (χ1) is 7.83. The lowest BCUT2D eigenvalue weighted by molar-refractivity contribution is -0.132. The summed E-state index contributed by atoms with van der Waals surface area (Å²) < 4.78 is 0. The second-order valence-corrected chi connectivity index (χ2v) is 4.16. The lowest BCUT2D eigenvalue weighted by Gasteiger charge is -2.23. The summed E-state index contributed by atoms with van der Waals surface area (Å²) >= 11 is 0. The molecule has 2 rings (SSSR count). The molecule has 1 heterocycles. The average Bonchev–Trinajstić information content (AvgIpc) is 2.85. The smallest absolute Gasteiger partial charge is 0.244 e. The molecule has 0 aliphatic carbocycles. The van der Waals surface area contributed by atoms with Crippen molar-refractivity contribution in [2.24, 2.45) is 0 Å². The zero-order valence-electron chi connectivity index (χ0n) is 9.65. The molecule has 1 fully saturated rings. The van der Waals surface area contributed by atoms with Gasteiger partial charge in [-0.2, -0.15) is 0 Å². The quantitative estimate of drug-likeness (QED) is 0.835. The highest BCUT2D eigenvalue weighted by Gasteiger charge is 2.26. The Morgan fingerprint density at radius 2 is 1.88 bits per heavy atom. The first-order valence-electron chi connectivity index (χ1n) is 5.84. The third kappa shape index (κ3) is 2.25. The van der Waals surface area contributed by atoms with Gasteiger partial charge in [-0.15, -0.1) is 0 Å². The fourth-order valence-electron chi connectivity index (χ4n) is 2.20. The van der Waals surface area contributed by atoms with Crippen LogP contribution in [0.25, 0.3) is 0 Å². The molecular formula is C13H18N2O. The van der Waals surface area contributed by atoms with Crippen LogP contribution in [0.1, 0.15) is 24.4 Å². The Hall–Kier alpha value is -1.35. The molecule has 1 aromatic carbocycles. The van der Waals surface area contributed by atoms with Crippen molar-refractivity contribution >= 4 is 5.91 Å². The van der Waals surface area contributed by atoms with Gasteiger partial charge in [0.05, 0.1) is 0 Å². The number of benzene rings is 1. The largest absolute Gasteiger partial charge is 0.341 e. The number of nitrogens with zero attached hydrogens (tertiary/aromatic N) is 1. The van der Waals surface area contributed by atoms with Gasteiger partial charge in [-0.1, -0.05) is 30.3 Å². The van der Waals surface area contributed by atoms with Crippen molar-refractivity contribution in [1.29, 1.82) is 0 Å². The van der Waals surface area contributed by atoms with Crippen molar-refractivity contribution in [3.63, 3.8) is 0 Å². The minimum absolute atomic E-state index is 0.195. The van der Waals surface area contributed by atoms with Crippen molar-refractivity contribution in [2.75, 3.05) is 20.1 Å². The fourth-order valence-corrected chi connectivity index (χ4v) is 2.20. The lowest BCUT2D eigenvalue weighted by atomic mass is 10.1. The Bertz CT molecular complexity index is 344. The fraction of sp³-hybridized carbons (Fsp3) is 0.462. The van der Waals surface area contributed by atoms with Gasteiger partial charge in [-0.05, 0) is 25.5 Å². The van der Waals surface area contributed by atoms with E-state index in [1.54, 1.807) is 0 Å². The number of carbonyl (C=O) groups excluding carboxylic acids is 1. The van der Waals surface area contributed by atoms with E-state index >= 15 is 0 Å². The molecule has 0 unspecified atom stereocenters. The molecule has 3 nitrogen and oxygen atoms in total. The summed E-state index contributed by atoms with van der Waals surface area (Å²) in [6, 6.07) is 9.70. The molecule has 1 amide bonds. The molecule has 3 heteroatoms. The second-order valence-electron chi connectivity index (χ2n) is 4.16. The number of likely N-dealkylation sites (tertiary alicyclic amines) is 1. The van der Waals surface area contributed by atoms with Gasteiger partial charge in [0.15, 0.2) is 0 Å². The van der Waals surface area contributed by atoms with Gasteiger partial charge in [0, 0.05) is 13.1 Å². The minimum Gasteiger partial charge on any atom is -0.341 e. The molecule has 0 spiro atoms. The molecule has 16 heavy (non-hydrogen) atoms. The van der Waals surface area contributed by atoms with E-state index < -0.39 is 0 Å². The second kappa shape index (κ2) is 5.12. The molecule has 1 aromatic rings. The van der Waals surface area contributed by atoms with Gasteiger partial charge >= 0.3 is 0 Å². The van der Waals surface area contributed by atoms with Gasteiger partial charge in [-0.25, -0.2) is 0 Å². The number of nitrogens with one attached hydrogen (secondary N) is 1. The highest BCUT2D eigenvalue weighted by atomic mass is 16.2. The van der Waals surface area contributed by atoms with Gasteiger partial charge in [0.2, 0.25) is 5.91 Å². The Kier molecular flexibility index (Phi) is 3.57. The maximum absolute atomic E-state index is 12.2. The summed E-state index contributed by atoms with van der Waals surface area (Å²) in [4.78, 5) is 14.2. The molecule has 1 atom stereocenters. The van der Waals surface area contributed by atoms with Crippen LogP contribution >= 0.6 is 0 Å². The van der Waals surface area contributed by atoms with Crippen molar-refractivity contribution in [3.8, 4) is 0 Å². The maximum Gasteiger partial charge on any atom is 0.244 e. The normalized spacial score (nSPS) is 17.4. The van der Waals surface area contributed by atoms with Crippen molar-refractivity contribution in [3.05, 3.63) is 35.9 Å². The van der Waals surface area contributed by atoms with Crippen LogP contribution in [0.5, 0.6) is 0 Å². The van der Waals surface area contributed by atoms with Crippen LogP contribution in [0.15, 0.2) is 30.3 Å². The lowest BCUT2D eigenvalue weighted by Crippen LogP contribution is -2.38. The Morgan fingerprint density at radius 1 is 1.25 bits per heavy atom. The van der Waals surface area contributed by atoms with E-state index in [4.69, 9.17) is 0 Å². The molecule has 1 aliphatic heterocycles. The van der Waals surface area contributed by atoms with Gasteiger partial charge < -0.3 is 10.2 Å². The number of carbonyl (C=O) groups is 1. The average molecular weight is 218 g/mol. The molecule has 86 valence electrons. The first-order valence-corrected chi connectivity index (χ1v) is 5.84. The number of rotatable bonds is 3. The van der Waals surface area contributed by atoms with Gasteiger partial charge in [0.1, 0.15) is 6.04 Å². The van der Waals surface area contributed by atoms with Crippen LogP contribution in [0.2, 0.25) is 0 Å². The van der Waals surface area contributed by atoms with E-state index in [0.717, 1.165) is 31.5 Å². The number of hydrogen-bond acceptors (Lipinski definition) is 2. The molecule has 0 aromatic heterocycles. The van der Waals surface area contributed by atoms with Crippen molar-refractivity contribution in [1.82, 2.24) is 10.2 Å². The number of likely N-dealkylation sites (N-methyl/N-ethyl adjacent to an activating group) is 1. The highest BCUT2D eigenvalue weighted by molar-refractivity contribution is 5.83. The minimum atomic E-state index is -0.195. The van der Waals surface area contributed by atoms with Gasteiger partial charge in [0.25, 0.3) is 0 Å². The predicted octanol–water partition coefficient (Wildman–Crippen LogP) is 1.57. The van der Waals surface area contributed by atoms with E-state index in [0.29, 0.717) is 0 Å². The monoisotopic (exact) mass is 218 g/mol. The summed E-state index contributed by atoms with van der Waals surface area (Å²) in [5.74, 6) is 0.200. The molecule has 1 aliphatic rings. The Balaban J connectivity index is 2.13. The van der Waals surface area contributed by atoms with Crippen LogP contribution in [-0.2, 0) is 4.79 Å². The van der Waals surface area contributed by atoms with Gasteiger partial charge in [-0.3, -0.25) is 4.79 Å². The predicted molar refractivity (Wildman–Crippen MR) is 64.1 cm³/mol. The van der Waals surface area contributed by atoms with E-state index in [9.17, 15) is 4.79 Å². The summed E-state index contributed by atoms with van der Waals surface area (Å²) in [6.45, 7) is 1.81. The van der Waals surface area contributed by atoms with Crippen LogP contribution in [0.3, 0.4) is 0 Å². The van der Waals surface area contributed by atoms with Crippen LogP contribution < -0.4 is 5.32 Å². The Labute approximate surface area is 96.5 Å². The molecule has 0 radical (unpaired) electrons. The first kappa shape index (κ1) is 11.1.